The summed E-state index contributed by atoms with van der Waals surface area (Å²) in [5.74, 6) is 1.43. The van der Waals surface area contributed by atoms with Crippen LogP contribution >= 0.6 is 11.6 Å². The highest BCUT2D eigenvalue weighted by molar-refractivity contribution is 6.33. The number of para-hydroxylation sites is 1. The van der Waals surface area contributed by atoms with E-state index in [1.54, 1.807) is 25.2 Å². The highest BCUT2D eigenvalue weighted by Gasteiger charge is 2.18. The summed E-state index contributed by atoms with van der Waals surface area (Å²) >= 11 is 6.35. The molecule has 12 heteroatoms. The SMILES string of the molecule is CNC(=O)c1ccccc1Nc1nc(Nc2ccc3nc(CN4CCN(CCO)CC4)[nH]c3c2)ncc1Cl. The number of anilines is 4. The second-order valence-corrected chi connectivity index (χ2v) is 9.43. The summed E-state index contributed by atoms with van der Waals surface area (Å²) in [6.07, 6.45) is 1.51. The van der Waals surface area contributed by atoms with E-state index in [0.717, 1.165) is 61.8 Å². The van der Waals surface area contributed by atoms with E-state index in [1.165, 1.54) is 6.20 Å². The van der Waals surface area contributed by atoms with Crippen LogP contribution in [0.2, 0.25) is 5.02 Å². The predicted molar refractivity (Wildman–Crippen MR) is 148 cm³/mol. The van der Waals surface area contributed by atoms with E-state index in [2.05, 4.69) is 40.7 Å². The molecule has 0 aliphatic carbocycles. The number of benzene rings is 2. The Morgan fingerprint density at radius 1 is 1.08 bits per heavy atom. The number of β-amino-alcohol motifs (C(OH)–C–C–N with tert-alkyl or cyclic N) is 1. The fraction of sp³-hybridized carbons (Fsp3) is 0.308. The minimum atomic E-state index is -0.215. The van der Waals surface area contributed by atoms with Crippen molar-refractivity contribution in [3.63, 3.8) is 0 Å². The van der Waals surface area contributed by atoms with E-state index in [9.17, 15) is 4.79 Å². The van der Waals surface area contributed by atoms with Gasteiger partial charge in [0, 0.05) is 45.5 Å². The lowest BCUT2D eigenvalue weighted by Crippen LogP contribution is -2.46. The van der Waals surface area contributed by atoms with Crippen LogP contribution in [0.25, 0.3) is 11.0 Å². The topological polar surface area (TPSA) is 134 Å². The maximum atomic E-state index is 12.2. The third-order valence-electron chi connectivity index (χ3n) is 6.44. The molecule has 198 valence electrons. The smallest absolute Gasteiger partial charge is 0.253 e. The Morgan fingerprint density at radius 3 is 2.66 bits per heavy atom. The summed E-state index contributed by atoms with van der Waals surface area (Å²) in [5.41, 5.74) is 3.65. The first-order chi connectivity index (χ1) is 18.5. The van der Waals surface area contributed by atoms with E-state index < -0.39 is 0 Å². The molecule has 3 heterocycles. The molecule has 0 atom stereocenters. The number of amides is 1. The monoisotopic (exact) mass is 535 g/mol. The van der Waals surface area contributed by atoms with Crippen LogP contribution in [-0.2, 0) is 6.54 Å². The molecule has 1 aliphatic rings. The molecule has 11 nitrogen and oxygen atoms in total. The van der Waals surface area contributed by atoms with E-state index in [1.807, 2.05) is 24.3 Å². The molecule has 38 heavy (non-hydrogen) atoms. The Bertz CT molecular complexity index is 1420. The number of hydrogen-bond donors (Lipinski definition) is 5. The number of halogens is 1. The second-order valence-electron chi connectivity index (χ2n) is 9.02. The molecule has 4 aromatic rings. The van der Waals surface area contributed by atoms with Gasteiger partial charge in [-0.05, 0) is 30.3 Å². The number of rotatable bonds is 9. The molecule has 2 aromatic heterocycles. The van der Waals surface area contributed by atoms with Crippen molar-refractivity contribution in [2.75, 3.05) is 57.0 Å². The van der Waals surface area contributed by atoms with Crippen molar-refractivity contribution in [1.82, 2.24) is 35.1 Å². The zero-order valence-corrected chi connectivity index (χ0v) is 21.8. The third-order valence-corrected chi connectivity index (χ3v) is 6.71. The molecule has 2 aromatic carbocycles. The summed E-state index contributed by atoms with van der Waals surface area (Å²) < 4.78 is 0. The van der Waals surface area contributed by atoms with Gasteiger partial charge in [-0.25, -0.2) is 9.97 Å². The van der Waals surface area contributed by atoms with Crippen molar-refractivity contribution in [3.05, 3.63) is 65.1 Å². The Balaban J connectivity index is 1.28. The van der Waals surface area contributed by atoms with E-state index in [-0.39, 0.29) is 12.5 Å². The number of carbonyl (C=O) groups excluding carboxylic acids is 1. The third kappa shape index (κ3) is 6.03. The van der Waals surface area contributed by atoms with Gasteiger partial charge in [0.1, 0.15) is 10.8 Å². The van der Waals surface area contributed by atoms with E-state index in [4.69, 9.17) is 21.7 Å². The quantitative estimate of drug-likeness (QED) is 0.219. The number of aromatic amines is 1. The minimum Gasteiger partial charge on any atom is -0.395 e. The van der Waals surface area contributed by atoms with Crippen molar-refractivity contribution >= 4 is 51.7 Å². The first kappa shape index (κ1) is 25.9. The Morgan fingerprint density at radius 2 is 1.87 bits per heavy atom. The highest BCUT2D eigenvalue weighted by Crippen LogP contribution is 2.27. The molecule has 5 rings (SSSR count). The Labute approximate surface area is 225 Å². The van der Waals surface area contributed by atoms with Crippen LogP contribution in [-0.4, -0.2) is 87.1 Å². The number of carbonyl (C=O) groups is 1. The van der Waals surface area contributed by atoms with Crippen LogP contribution in [0.4, 0.5) is 23.1 Å². The molecule has 1 amide bonds. The predicted octanol–water partition coefficient (Wildman–Crippen LogP) is 2.96. The first-order valence-corrected chi connectivity index (χ1v) is 12.8. The fourth-order valence-corrected chi connectivity index (χ4v) is 4.57. The average Bonchev–Trinajstić information content (AvgIpc) is 3.33. The molecule has 0 unspecified atom stereocenters. The summed E-state index contributed by atoms with van der Waals surface area (Å²) in [4.78, 5) is 33.9. The first-order valence-electron chi connectivity index (χ1n) is 12.4. The number of aliphatic hydroxyl groups is 1. The van der Waals surface area contributed by atoms with Crippen LogP contribution in [0.15, 0.2) is 48.7 Å². The van der Waals surface area contributed by atoms with Gasteiger partial charge < -0.3 is 26.0 Å². The minimum absolute atomic E-state index is 0.199. The fourth-order valence-electron chi connectivity index (χ4n) is 4.44. The van der Waals surface area contributed by atoms with Gasteiger partial charge in [-0.15, -0.1) is 0 Å². The molecular weight excluding hydrogens is 506 g/mol. The Kier molecular flexibility index (Phi) is 7.99. The summed E-state index contributed by atoms with van der Waals surface area (Å²) in [7, 11) is 1.58. The van der Waals surface area contributed by atoms with Gasteiger partial charge >= 0.3 is 0 Å². The number of nitrogens with zero attached hydrogens (tertiary/aromatic N) is 5. The number of fused-ring (bicyclic) bond motifs is 1. The summed E-state index contributed by atoms with van der Waals surface area (Å²) in [6.45, 7) is 5.46. The van der Waals surface area contributed by atoms with Crippen LogP contribution in [0.5, 0.6) is 0 Å². The molecule has 1 aliphatic heterocycles. The van der Waals surface area contributed by atoms with Crippen molar-refractivity contribution in [1.29, 1.82) is 0 Å². The van der Waals surface area contributed by atoms with E-state index in [0.29, 0.717) is 28.0 Å². The van der Waals surface area contributed by atoms with Gasteiger partial charge in [0.2, 0.25) is 5.95 Å². The lowest BCUT2D eigenvalue weighted by atomic mass is 10.1. The normalized spacial score (nSPS) is 14.5. The highest BCUT2D eigenvalue weighted by atomic mass is 35.5. The number of piperazine rings is 1. The molecule has 5 N–H and O–H groups in total. The largest absolute Gasteiger partial charge is 0.395 e. The second kappa shape index (κ2) is 11.7. The van der Waals surface area contributed by atoms with Crippen LogP contribution in [0.1, 0.15) is 16.2 Å². The van der Waals surface area contributed by atoms with Gasteiger partial charge in [0.25, 0.3) is 5.91 Å². The molecule has 0 bridgehead atoms. The maximum absolute atomic E-state index is 12.2. The van der Waals surface area contributed by atoms with Crippen LogP contribution in [0, 0.1) is 0 Å². The van der Waals surface area contributed by atoms with Crippen LogP contribution < -0.4 is 16.0 Å². The van der Waals surface area contributed by atoms with Crippen molar-refractivity contribution < 1.29 is 9.90 Å². The zero-order valence-electron chi connectivity index (χ0n) is 21.0. The molecule has 0 radical (unpaired) electrons. The average molecular weight is 536 g/mol. The van der Waals surface area contributed by atoms with E-state index >= 15 is 0 Å². The molecular formula is C26H30ClN9O2. The van der Waals surface area contributed by atoms with Gasteiger partial charge in [0.05, 0.1) is 41.6 Å². The van der Waals surface area contributed by atoms with Crippen molar-refractivity contribution in [2.24, 2.45) is 0 Å². The number of H-pyrrole nitrogens is 1. The number of aliphatic hydroxyl groups excluding tert-OH is 1. The number of aromatic nitrogens is 4. The van der Waals surface area contributed by atoms with Gasteiger partial charge in [0.15, 0.2) is 5.82 Å². The van der Waals surface area contributed by atoms with Gasteiger partial charge in [-0.1, -0.05) is 23.7 Å². The standard InChI is InChI=1S/C26H30ClN9O2/c1-28-25(38)18-4-2-3-5-20(18)33-24-19(27)15-29-26(34-24)30-17-6-7-21-22(14-17)32-23(31-21)16-36-10-8-35(9-11-36)12-13-37/h2-7,14-15,37H,8-13,16H2,1H3,(H,28,38)(H,31,32)(H2,29,30,33,34). The van der Waals surface area contributed by atoms with Crippen molar-refractivity contribution in [2.45, 2.75) is 6.54 Å². The number of nitrogens with one attached hydrogen (secondary N) is 4. The molecule has 0 spiro atoms. The van der Waals surface area contributed by atoms with Crippen LogP contribution in [0.3, 0.4) is 0 Å². The molecule has 0 saturated carbocycles. The summed E-state index contributed by atoms with van der Waals surface area (Å²) in [5, 5.41) is 18.5. The lowest BCUT2D eigenvalue weighted by molar-refractivity contribution is 0.0964. The molecule has 1 fully saturated rings. The number of imidazole rings is 1. The van der Waals surface area contributed by atoms with Gasteiger partial charge in [-0.2, -0.15) is 4.98 Å². The zero-order chi connectivity index (χ0) is 26.5. The lowest BCUT2D eigenvalue weighted by Gasteiger charge is -2.33. The van der Waals surface area contributed by atoms with Crippen molar-refractivity contribution in [3.8, 4) is 0 Å². The maximum Gasteiger partial charge on any atom is 0.253 e. The molecule has 1 saturated heterocycles. The summed E-state index contributed by atoms with van der Waals surface area (Å²) in [6, 6.07) is 13.0. The number of hydrogen-bond acceptors (Lipinski definition) is 9. The van der Waals surface area contributed by atoms with Gasteiger partial charge in [-0.3, -0.25) is 14.6 Å². The Hall–Kier alpha value is -3.77.